The Kier molecular flexibility index (Phi) is 4.45. The average molecular weight is 274 g/mol. The maximum Gasteiger partial charge on any atom is 0.100 e. The number of pyridine rings is 1. The molecule has 2 fully saturated rings. The summed E-state index contributed by atoms with van der Waals surface area (Å²) in [6.45, 7) is 6.96. The summed E-state index contributed by atoms with van der Waals surface area (Å²) in [7, 11) is 0. The minimum Gasteiger partial charge on any atom is -0.374 e. The molecule has 0 N–H and O–H groups in total. The van der Waals surface area contributed by atoms with E-state index in [9.17, 15) is 0 Å². The Bertz CT molecular complexity index is 437. The van der Waals surface area contributed by atoms with Crippen molar-refractivity contribution in [3.05, 3.63) is 42.7 Å². The van der Waals surface area contributed by atoms with E-state index in [2.05, 4.69) is 22.5 Å². The van der Waals surface area contributed by atoms with Gasteiger partial charge in [-0.15, -0.1) is 6.58 Å². The molecule has 0 aromatic carbocycles. The second-order valence-corrected chi connectivity index (χ2v) is 5.46. The molecular formula is C16H22N2O2. The third-order valence-corrected chi connectivity index (χ3v) is 4.10. The van der Waals surface area contributed by atoms with Crippen LogP contribution in [0.4, 0.5) is 0 Å². The lowest BCUT2D eigenvalue weighted by atomic mass is 10.0. The maximum atomic E-state index is 5.96. The van der Waals surface area contributed by atoms with Crippen LogP contribution < -0.4 is 0 Å². The molecule has 4 nitrogen and oxygen atoms in total. The molecule has 1 aromatic heterocycles. The zero-order valence-electron chi connectivity index (χ0n) is 11.8. The number of aromatic nitrogens is 1. The molecule has 2 aliphatic heterocycles. The molecule has 0 bridgehead atoms. The number of likely N-dealkylation sites (tertiary alicyclic amines) is 1. The summed E-state index contributed by atoms with van der Waals surface area (Å²) in [4.78, 5) is 6.89. The van der Waals surface area contributed by atoms with Crippen LogP contribution in [0.2, 0.25) is 0 Å². The molecule has 0 spiro atoms. The van der Waals surface area contributed by atoms with Crippen molar-refractivity contribution in [2.24, 2.45) is 0 Å². The van der Waals surface area contributed by atoms with E-state index in [1.807, 2.05) is 18.3 Å². The van der Waals surface area contributed by atoms with Gasteiger partial charge in [-0.05, 0) is 25.0 Å². The number of rotatable bonds is 5. The van der Waals surface area contributed by atoms with Crippen LogP contribution >= 0.6 is 0 Å². The van der Waals surface area contributed by atoms with Gasteiger partial charge in [0.2, 0.25) is 0 Å². The van der Waals surface area contributed by atoms with Crippen molar-refractivity contribution >= 4 is 0 Å². The second-order valence-electron chi connectivity index (χ2n) is 5.46. The predicted molar refractivity (Wildman–Crippen MR) is 77.3 cm³/mol. The van der Waals surface area contributed by atoms with Crippen LogP contribution in [0.15, 0.2) is 37.1 Å². The highest BCUT2D eigenvalue weighted by Crippen LogP contribution is 2.31. The number of nitrogens with zero attached hydrogens (tertiary/aromatic N) is 2. The summed E-state index contributed by atoms with van der Waals surface area (Å²) in [5, 5.41) is 0. The van der Waals surface area contributed by atoms with Gasteiger partial charge in [0.25, 0.3) is 0 Å². The van der Waals surface area contributed by atoms with Crippen molar-refractivity contribution < 1.29 is 9.47 Å². The van der Waals surface area contributed by atoms with Gasteiger partial charge in [-0.1, -0.05) is 12.1 Å². The highest BCUT2D eigenvalue weighted by atomic mass is 16.5. The fraction of sp³-hybridized carbons (Fsp3) is 0.562. The van der Waals surface area contributed by atoms with Gasteiger partial charge in [-0.25, -0.2) is 0 Å². The third-order valence-electron chi connectivity index (χ3n) is 4.10. The lowest BCUT2D eigenvalue weighted by molar-refractivity contribution is -0.0721. The molecule has 108 valence electrons. The Hall–Kier alpha value is -1.23. The van der Waals surface area contributed by atoms with E-state index in [0.717, 1.165) is 31.8 Å². The lowest BCUT2D eigenvalue weighted by Crippen LogP contribution is -2.41. The molecule has 0 unspecified atom stereocenters. The van der Waals surface area contributed by atoms with Gasteiger partial charge in [0.15, 0.2) is 0 Å². The van der Waals surface area contributed by atoms with Crippen molar-refractivity contribution in [3.8, 4) is 0 Å². The second kappa shape index (κ2) is 6.48. The standard InChI is InChI=1S/C16H22N2O2/c1-2-9-19-15-12-18(11-13-6-3-4-8-17-13)14-7-5-10-20-16(14)15/h2-4,6,8,14-16H,1,5,7,9-12H2/t14-,15+,16+/m1/s1. The van der Waals surface area contributed by atoms with E-state index < -0.39 is 0 Å². The van der Waals surface area contributed by atoms with E-state index >= 15 is 0 Å². The van der Waals surface area contributed by atoms with Gasteiger partial charge in [-0.3, -0.25) is 9.88 Å². The monoisotopic (exact) mass is 274 g/mol. The SMILES string of the molecule is C=CCO[C@H]1CN(Cc2ccccn2)[C@@H]2CCCO[C@H]12. The first-order chi connectivity index (χ1) is 9.88. The van der Waals surface area contributed by atoms with E-state index in [0.29, 0.717) is 12.6 Å². The lowest BCUT2D eigenvalue weighted by Gasteiger charge is -2.32. The van der Waals surface area contributed by atoms with Gasteiger partial charge >= 0.3 is 0 Å². The quantitative estimate of drug-likeness (QED) is 0.769. The van der Waals surface area contributed by atoms with Gasteiger partial charge in [0.05, 0.1) is 18.4 Å². The van der Waals surface area contributed by atoms with Crippen LogP contribution in [0.25, 0.3) is 0 Å². The topological polar surface area (TPSA) is 34.6 Å². The summed E-state index contributed by atoms with van der Waals surface area (Å²) in [6.07, 6.45) is 6.33. The van der Waals surface area contributed by atoms with E-state index in [1.54, 1.807) is 6.08 Å². The van der Waals surface area contributed by atoms with Crippen LogP contribution in [0, 0.1) is 0 Å². The summed E-state index contributed by atoms with van der Waals surface area (Å²) >= 11 is 0. The molecular weight excluding hydrogens is 252 g/mol. The summed E-state index contributed by atoms with van der Waals surface area (Å²) in [6, 6.07) is 6.53. The van der Waals surface area contributed by atoms with Crippen LogP contribution in [-0.2, 0) is 16.0 Å². The van der Waals surface area contributed by atoms with Crippen LogP contribution in [-0.4, -0.2) is 47.9 Å². The Balaban J connectivity index is 1.69. The van der Waals surface area contributed by atoms with Crippen LogP contribution in [0.1, 0.15) is 18.5 Å². The fourth-order valence-corrected chi connectivity index (χ4v) is 3.22. The molecule has 3 rings (SSSR count). The van der Waals surface area contributed by atoms with Crippen molar-refractivity contribution in [1.29, 1.82) is 0 Å². The predicted octanol–water partition coefficient (Wildman–Crippen LogP) is 2.02. The number of fused-ring (bicyclic) bond motifs is 1. The minimum atomic E-state index is 0.155. The Morgan fingerprint density at radius 2 is 2.45 bits per heavy atom. The molecule has 3 atom stereocenters. The van der Waals surface area contributed by atoms with Crippen LogP contribution in [0.3, 0.4) is 0 Å². The molecule has 3 heterocycles. The molecule has 4 heteroatoms. The highest BCUT2D eigenvalue weighted by Gasteiger charge is 2.44. The molecule has 0 aliphatic carbocycles. The van der Waals surface area contributed by atoms with Gasteiger partial charge in [0.1, 0.15) is 6.10 Å². The van der Waals surface area contributed by atoms with E-state index in [-0.39, 0.29) is 12.2 Å². The average Bonchev–Trinajstić information content (AvgIpc) is 2.85. The molecule has 2 saturated heterocycles. The number of hydrogen-bond acceptors (Lipinski definition) is 4. The molecule has 20 heavy (non-hydrogen) atoms. The summed E-state index contributed by atoms with van der Waals surface area (Å²) in [5.74, 6) is 0. The zero-order valence-corrected chi connectivity index (χ0v) is 11.8. The summed E-state index contributed by atoms with van der Waals surface area (Å²) < 4.78 is 11.8. The van der Waals surface area contributed by atoms with Crippen molar-refractivity contribution in [1.82, 2.24) is 9.88 Å². The molecule has 0 amide bonds. The largest absolute Gasteiger partial charge is 0.374 e. The normalized spacial score (nSPS) is 30.1. The Morgan fingerprint density at radius 3 is 3.25 bits per heavy atom. The van der Waals surface area contributed by atoms with Crippen molar-refractivity contribution in [2.45, 2.75) is 37.6 Å². The van der Waals surface area contributed by atoms with Crippen LogP contribution in [0.5, 0.6) is 0 Å². The Labute approximate surface area is 120 Å². The minimum absolute atomic E-state index is 0.155. The van der Waals surface area contributed by atoms with Gasteiger partial charge in [-0.2, -0.15) is 0 Å². The fourth-order valence-electron chi connectivity index (χ4n) is 3.22. The van der Waals surface area contributed by atoms with E-state index in [4.69, 9.17) is 9.47 Å². The first-order valence-electron chi connectivity index (χ1n) is 7.36. The molecule has 0 radical (unpaired) electrons. The molecule has 0 saturated carbocycles. The van der Waals surface area contributed by atoms with Gasteiger partial charge in [0, 0.05) is 31.9 Å². The van der Waals surface area contributed by atoms with Crippen molar-refractivity contribution in [3.63, 3.8) is 0 Å². The molecule has 2 aliphatic rings. The number of ether oxygens (including phenoxy) is 2. The maximum absolute atomic E-state index is 5.96. The van der Waals surface area contributed by atoms with E-state index in [1.165, 1.54) is 6.42 Å². The first-order valence-corrected chi connectivity index (χ1v) is 7.36. The summed E-state index contributed by atoms with van der Waals surface area (Å²) in [5.41, 5.74) is 1.11. The Morgan fingerprint density at radius 1 is 1.50 bits per heavy atom. The zero-order chi connectivity index (χ0) is 13.8. The highest BCUT2D eigenvalue weighted by molar-refractivity contribution is 5.06. The van der Waals surface area contributed by atoms with Crippen molar-refractivity contribution in [2.75, 3.05) is 19.8 Å². The first kappa shape index (κ1) is 13.7. The van der Waals surface area contributed by atoms with Gasteiger partial charge < -0.3 is 9.47 Å². The molecule has 1 aromatic rings. The number of hydrogen-bond donors (Lipinski definition) is 0. The third kappa shape index (κ3) is 2.92. The smallest absolute Gasteiger partial charge is 0.100 e.